The molecule has 4 N–H and O–H groups in total. The van der Waals surface area contributed by atoms with Gasteiger partial charge in [0.2, 0.25) is 0 Å². The Hall–Kier alpha value is -5.74. The average Bonchev–Trinajstić information content (AvgIpc) is 3.24. The minimum absolute atomic E-state index is 0.00289. The molecule has 15 heteroatoms. The quantitative estimate of drug-likeness (QED) is 0.130. The Balaban J connectivity index is 1.39. The summed E-state index contributed by atoms with van der Waals surface area (Å²) in [6.45, 7) is 7.97. The number of hydrogen-bond donors (Lipinski definition) is 4. The first-order valence-electron chi connectivity index (χ1n) is 20.5. The van der Waals surface area contributed by atoms with Crippen LogP contribution in [0.4, 0.5) is 0 Å². The van der Waals surface area contributed by atoms with Gasteiger partial charge in [0.1, 0.15) is 23.9 Å². The molecule has 1 saturated heterocycles. The molecule has 3 aromatic carbocycles. The lowest BCUT2D eigenvalue weighted by atomic mass is 9.44. The number of hydrogen-bond acceptors (Lipinski definition) is 14. The highest BCUT2D eigenvalue weighted by Crippen LogP contribution is 2.64. The summed E-state index contributed by atoms with van der Waals surface area (Å²) in [6, 6.07) is 22.9. The van der Waals surface area contributed by atoms with E-state index in [2.05, 4.69) is 5.32 Å². The summed E-state index contributed by atoms with van der Waals surface area (Å²) in [5, 5.41) is 40.2. The van der Waals surface area contributed by atoms with E-state index in [9.17, 15) is 39.3 Å². The third-order valence-electron chi connectivity index (χ3n) is 13.5. The lowest BCUT2D eigenvalue weighted by Gasteiger charge is -2.67. The van der Waals surface area contributed by atoms with E-state index in [0.717, 1.165) is 13.8 Å². The van der Waals surface area contributed by atoms with Gasteiger partial charge in [-0.15, -0.1) is 0 Å². The van der Waals surface area contributed by atoms with Crippen LogP contribution in [0.1, 0.15) is 86.7 Å². The first-order chi connectivity index (χ1) is 29.3. The van der Waals surface area contributed by atoms with Crippen molar-refractivity contribution in [1.82, 2.24) is 5.32 Å². The number of carbonyl (C=O) groups excluding carboxylic acids is 6. The number of esters is 4. The number of nitrogens with one attached hydrogen (secondary N) is 1. The van der Waals surface area contributed by atoms with Gasteiger partial charge in [-0.05, 0) is 54.8 Å². The van der Waals surface area contributed by atoms with Crippen LogP contribution in [0.25, 0.3) is 0 Å². The summed E-state index contributed by atoms with van der Waals surface area (Å²) in [5.74, 6) is -6.84. The van der Waals surface area contributed by atoms with Gasteiger partial charge in [-0.25, -0.2) is 9.59 Å². The Morgan fingerprint density at radius 1 is 0.823 bits per heavy atom. The fraction of sp³-hybridized carbons (Fsp3) is 0.447. The second kappa shape index (κ2) is 16.5. The van der Waals surface area contributed by atoms with Crippen LogP contribution in [0.2, 0.25) is 0 Å². The van der Waals surface area contributed by atoms with Gasteiger partial charge >= 0.3 is 23.9 Å². The van der Waals surface area contributed by atoms with Gasteiger partial charge in [-0.2, -0.15) is 0 Å². The van der Waals surface area contributed by atoms with E-state index in [-0.39, 0.29) is 35.3 Å². The van der Waals surface area contributed by atoms with E-state index in [0.29, 0.717) is 5.56 Å². The lowest BCUT2D eigenvalue weighted by Crippen LogP contribution is -2.82. The molecule has 0 spiro atoms. The third kappa shape index (κ3) is 7.29. The van der Waals surface area contributed by atoms with Crippen molar-refractivity contribution in [3.05, 3.63) is 119 Å². The topological polar surface area (TPSA) is 221 Å². The molecule has 328 valence electrons. The predicted molar refractivity (Wildman–Crippen MR) is 218 cm³/mol. The van der Waals surface area contributed by atoms with Crippen molar-refractivity contribution in [2.45, 2.75) is 108 Å². The van der Waals surface area contributed by atoms with Crippen molar-refractivity contribution >= 4 is 35.6 Å². The van der Waals surface area contributed by atoms with Crippen LogP contribution in [0.3, 0.4) is 0 Å². The first-order valence-corrected chi connectivity index (χ1v) is 20.5. The van der Waals surface area contributed by atoms with Gasteiger partial charge in [0, 0.05) is 37.7 Å². The molecule has 3 aromatic rings. The molecular weight excluding hydrogens is 803 g/mol. The Morgan fingerprint density at radius 3 is 1.95 bits per heavy atom. The number of Topliss-reactive ketones (excluding diaryl/α,β-unsaturated/α-hetero) is 1. The van der Waals surface area contributed by atoms with E-state index in [1.54, 1.807) is 92.7 Å². The molecule has 4 aliphatic rings. The van der Waals surface area contributed by atoms with Gasteiger partial charge in [0.05, 0.1) is 35.6 Å². The number of amides is 1. The Bertz CT molecular complexity index is 2280. The van der Waals surface area contributed by atoms with Gasteiger partial charge in [-0.3, -0.25) is 19.2 Å². The van der Waals surface area contributed by atoms with Crippen molar-refractivity contribution in [3.8, 4) is 0 Å². The summed E-state index contributed by atoms with van der Waals surface area (Å²) in [4.78, 5) is 83.5. The van der Waals surface area contributed by atoms with Crippen LogP contribution in [0, 0.1) is 16.7 Å². The molecule has 3 aliphatic carbocycles. The molecule has 62 heavy (non-hydrogen) atoms. The van der Waals surface area contributed by atoms with Crippen molar-refractivity contribution in [1.29, 1.82) is 0 Å². The SMILES string of the molecule is CC(=O)O[C@H]1C(=O)[C@@]2(C)C([C@H](OC(=O)c3ccccc3)[C@]3(O)CC(OC(=O)[C@H](O)[C@@H](NC(=O)c4ccccc4)c4ccccc4)C(C)=C1C3(C)C)[C@]1(OC(C)=O)CO[C@@H]1C[C@@H]2O. The molecule has 11 atom stereocenters. The standard InChI is InChI=1S/C47H51NO14/c1-25-31(60-43(56)36(52)35(28-16-10-7-11-17-28)48-41(54)29-18-12-8-13-19-29)23-47(57)40(61-42(55)30-20-14-9-15-21-30)38-45(6,32(51)22-33-46(38,24-58-33)62-27(3)50)39(53)37(59-26(2)49)34(25)44(47,4)5/h7-21,31-33,35-38,40,51-52,57H,22-24H2,1-6H3,(H,48,54)/t31?,32-,33+,35-,36+,37+,38?,40-,45+,46-,47+/m0/s1. The number of carbonyl (C=O) groups is 6. The summed E-state index contributed by atoms with van der Waals surface area (Å²) in [6.07, 6.45) is -10.5. The molecule has 2 unspecified atom stereocenters. The summed E-state index contributed by atoms with van der Waals surface area (Å²) in [5.41, 5.74) is -7.02. The first kappa shape index (κ1) is 44.3. The van der Waals surface area contributed by atoms with Crippen LogP contribution < -0.4 is 5.32 Å². The van der Waals surface area contributed by atoms with E-state index < -0.39 is 113 Å². The molecule has 1 heterocycles. The summed E-state index contributed by atoms with van der Waals surface area (Å²) < 4.78 is 30.3. The van der Waals surface area contributed by atoms with Gasteiger partial charge in [0.25, 0.3) is 5.91 Å². The maximum atomic E-state index is 15.5. The maximum Gasteiger partial charge on any atom is 0.338 e. The van der Waals surface area contributed by atoms with Crippen molar-refractivity contribution in [2.24, 2.45) is 16.7 Å². The molecule has 0 radical (unpaired) electrons. The number of aliphatic hydroxyl groups is 3. The van der Waals surface area contributed by atoms with E-state index in [4.69, 9.17) is 23.7 Å². The van der Waals surface area contributed by atoms with Crippen molar-refractivity contribution in [3.63, 3.8) is 0 Å². The number of fused-ring (bicyclic) bond motifs is 5. The normalized spacial score (nSPS) is 31.9. The summed E-state index contributed by atoms with van der Waals surface area (Å²) in [7, 11) is 0. The fourth-order valence-corrected chi connectivity index (χ4v) is 10.2. The molecular formula is C47H51NO14. The number of aliphatic hydroxyl groups excluding tert-OH is 2. The molecule has 3 fully saturated rings. The summed E-state index contributed by atoms with van der Waals surface area (Å²) >= 11 is 0. The zero-order valence-corrected chi connectivity index (χ0v) is 35.2. The van der Waals surface area contributed by atoms with Crippen LogP contribution in [-0.2, 0) is 42.9 Å². The highest BCUT2D eigenvalue weighted by atomic mass is 16.6. The third-order valence-corrected chi connectivity index (χ3v) is 13.5. The van der Waals surface area contributed by atoms with E-state index >= 15 is 4.79 Å². The Kier molecular flexibility index (Phi) is 11.8. The second-order valence-corrected chi connectivity index (χ2v) is 17.4. The smallest absolute Gasteiger partial charge is 0.338 e. The Labute approximate surface area is 358 Å². The zero-order chi connectivity index (χ0) is 44.9. The van der Waals surface area contributed by atoms with Crippen LogP contribution in [-0.4, -0.2) is 105 Å². The highest BCUT2D eigenvalue weighted by molar-refractivity contribution is 5.96. The van der Waals surface area contributed by atoms with Crippen LogP contribution >= 0.6 is 0 Å². The number of ketones is 1. The van der Waals surface area contributed by atoms with Gasteiger partial charge in [0.15, 0.2) is 23.6 Å². The van der Waals surface area contributed by atoms with Crippen molar-refractivity contribution in [2.75, 3.05) is 6.61 Å². The van der Waals surface area contributed by atoms with Crippen molar-refractivity contribution < 1.29 is 67.8 Å². The minimum Gasteiger partial charge on any atom is -0.456 e. The molecule has 2 bridgehead atoms. The second-order valence-electron chi connectivity index (χ2n) is 17.4. The van der Waals surface area contributed by atoms with Crippen LogP contribution in [0.5, 0.6) is 0 Å². The molecule has 7 rings (SSSR count). The molecule has 1 aliphatic heterocycles. The fourth-order valence-electron chi connectivity index (χ4n) is 10.2. The lowest BCUT2D eigenvalue weighted by molar-refractivity contribution is -0.346. The van der Waals surface area contributed by atoms with E-state index in [1.807, 2.05) is 0 Å². The molecule has 2 saturated carbocycles. The van der Waals surface area contributed by atoms with Gasteiger partial charge < -0.3 is 44.3 Å². The number of rotatable bonds is 10. The Morgan fingerprint density at radius 2 is 1.40 bits per heavy atom. The predicted octanol–water partition coefficient (Wildman–Crippen LogP) is 3.74. The highest BCUT2D eigenvalue weighted by Gasteiger charge is 2.78. The maximum absolute atomic E-state index is 15.5. The zero-order valence-electron chi connectivity index (χ0n) is 35.2. The monoisotopic (exact) mass is 853 g/mol. The molecule has 0 aromatic heterocycles. The number of ether oxygens (including phenoxy) is 5. The van der Waals surface area contributed by atoms with Gasteiger partial charge in [-0.1, -0.05) is 80.6 Å². The molecule has 15 nitrogen and oxygen atoms in total. The molecule has 1 amide bonds. The average molecular weight is 854 g/mol. The minimum atomic E-state index is -2.39. The van der Waals surface area contributed by atoms with E-state index in [1.165, 1.54) is 26.0 Å². The number of benzene rings is 3. The largest absolute Gasteiger partial charge is 0.456 e. The van der Waals surface area contributed by atoms with Crippen LogP contribution in [0.15, 0.2) is 102 Å².